The fraction of sp³-hybridized carbons (Fsp3) is 0.421. The van der Waals surface area contributed by atoms with Crippen molar-refractivity contribution >= 4 is 5.96 Å². The van der Waals surface area contributed by atoms with Crippen molar-refractivity contribution in [3.8, 4) is 0 Å². The van der Waals surface area contributed by atoms with Gasteiger partial charge in [0.2, 0.25) is 0 Å². The van der Waals surface area contributed by atoms with Gasteiger partial charge in [0, 0.05) is 25.7 Å². The summed E-state index contributed by atoms with van der Waals surface area (Å²) >= 11 is 0. The predicted molar refractivity (Wildman–Crippen MR) is 96.8 cm³/mol. The van der Waals surface area contributed by atoms with E-state index in [0.717, 1.165) is 31.0 Å². The molecule has 1 atom stereocenters. The van der Waals surface area contributed by atoms with Crippen molar-refractivity contribution in [3.05, 3.63) is 59.6 Å². The van der Waals surface area contributed by atoms with Crippen LogP contribution in [0.25, 0.3) is 0 Å². The van der Waals surface area contributed by atoms with Crippen LogP contribution in [0, 0.1) is 11.6 Å². The van der Waals surface area contributed by atoms with E-state index in [2.05, 4.69) is 20.5 Å². The molecule has 0 spiro atoms. The summed E-state index contributed by atoms with van der Waals surface area (Å²) in [6.45, 7) is 2.83. The lowest BCUT2D eigenvalue weighted by Gasteiger charge is -2.26. The number of rotatable bonds is 6. The number of guanidine groups is 1. The second-order valence-electron chi connectivity index (χ2n) is 6.32. The lowest BCUT2D eigenvalue weighted by atomic mass is 10.2. The Morgan fingerprint density at radius 2 is 2.04 bits per heavy atom. The topological polar surface area (TPSA) is 52.8 Å². The van der Waals surface area contributed by atoms with E-state index in [-0.39, 0.29) is 18.2 Å². The molecule has 0 bridgehead atoms. The maximum absolute atomic E-state index is 13.7. The summed E-state index contributed by atoms with van der Waals surface area (Å²) in [5, 5.41) is 6.29. The lowest BCUT2D eigenvalue weighted by molar-refractivity contribution is 0.215. The first kappa shape index (κ1) is 18.4. The second kappa shape index (κ2) is 8.80. The molecule has 1 fully saturated rings. The maximum atomic E-state index is 13.7. The van der Waals surface area contributed by atoms with Gasteiger partial charge in [-0.05, 0) is 56.3 Å². The molecule has 0 radical (unpaired) electrons. The van der Waals surface area contributed by atoms with Crippen molar-refractivity contribution in [1.82, 2.24) is 15.5 Å². The zero-order valence-electron chi connectivity index (χ0n) is 14.8. The van der Waals surface area contributed by atoms with Crippen LogP contribution in [0.2, 0.25) is 0 Å². The molecule has 1 saturated heterocycles. The van der Waals surface area contributed by atoms with Crippen molar-refractivity contribution in [2.45, 2.75) is 25.4 Å². The number of aliphatic imine (C=N–C) groups is 1. The highest BCUT2D eigenvalue weighted by molar-refractivity contribution is 5.79. The normalized spacial score (nSPS) is 16.7. The van der Waals surface area contributed by atoms with Gasteiger partial charge in [-0.2, -0.15) is 0 Å². The SMILES string of the molecule is CN=C(NCc1cc(F)ccc1F)NCC(c1ccco1)N1CCCC1. The second-order valence-corrected chi connectivity index (χ2v) is 6.32. The fourth-order valence-corrected chi connectivity index (χ4v) is 3.22. The summed E-state index contributed by atoms with van der Waals surface area (Å²) < 4.78 is 32.6. The molecule has 1 aliphatic heterocycles. The van der Waals surface area contributed by atoms with Crippen LogP contribution in [0.4, 0.5) is 8.78 Å². The zero-order chi connectivity index (χ0) is 18.4. The first-order chi connectivity index (χ1) is 12.7. The van der Waals surface area contributed by atoms with Crippen LogP contribution < -0.4 is 10.6 Å². The third-order valence-electron chi connectivity index (χ3n) is 4.59. The minimum Gasteiger partial charge on any atom is -0.468 e. The molecule has 7 heteroatoms. The van der Waals surface area contributed by atoms with Crippen LogP contribution in [0.15, 0.2) is 46.0 Å². The standard InChI is InChI=1S/C19H24F2N4O/c1-22-19(23-12-14-11-15(20)6-7-16(14)21)24-13-17(18-5-4-10-26-18)25-8-2-3-9-25/h4-7,10-11,17H,2-3,8-9,12-13H2,1H3,(H2,22,23,24). The number of halogens is 2. The van der Waals surface area contributed by atoms with E-state index in [4.69, 9.17) is 4.42 Å². The molecule has 1 unspecified atom stereocenters. The average molecular weight is 362 g/mol. The Balaban J connectivity index is 1.59. The summed E-state index contributed by atoms with van der Waals surface area (Å²) in [5.41, 5.74) is 0.259. The van der Waals surface area contributed by atoms with E-state index >= 15 is 0 Å². The molecule has 2 aromatic rings. The van der Waals surface area contributed by atoms with Crippen LogP contribution in [0.5, 0.6) is 0 Å². The van der Waals surface area contributed by atoms with Gasteiger partial charge in [-0.3, -0.25) is 9.89 Å². The Morgan fingerprint density at radius 3 is 2.73 bits per heavy atom. The Hall–Kier alpha value is -2.41. The number of likely N-dealkylation sites (tertiary alicyclic amines) is 1. The van der Waals surface area contributed by atoms with Crippen LogP contribution in [0.3, 0.4) is 0 Å². The lowest BCUT2D eigenvalue weighted by Crippen LogP contribution is -2.42. The molecular formula is C19H24F2N4O. The minimum absolute atomic E-state index is 0.108. The number of hydrogen-bond donors (Lipinski definition) is 2. The Kier molecular flexibility index (Phi) is 6.22. The molecule has 3 rings (SSSR count). The summed E-state index contributed by atoms with van der Waals surface area (Å²) in [6, 6.07) is 7.39. The van der Waals surface area contributed by atoms with Crippen LogP contribution in [-0.2, 0) is 6.54 Å². The molecule has 5 nitrogen and oxygen atoms in total. The number of nitrogens with zero attached hydrogens (tertiary/aromatic N) is 2. The van der Waals surface area contributed by atoms with Crippen LogP contribution in [-0.4, -0.2) is 37.5 Å². The molecule has 1 aromatic carbocycles. The van der Waals surface area contributed by atoms with Gasteiger partial charge in [0.05, 0.1) is 12.3 Å². The molecule has 0 aliphatic carbocycles. The first-order valence-electron chi connectivity index (χ1n) is 8.83. The highest BCUT2D eigenvalue weighted by atomic mass is 19.1. The molecule has 2 N–H and O–H groups in total. The third-order valence-corrected chi connectivity index (χ3v) is 4.59. The van der Waals surface area contributed by atoms with Crippen molar-refractivity contribution in [3.63, 3.8) is 0 Å². The molecule has 0 amide bonds. The summed E-state index contributed by atoms with van der Waals surface area (Å²) in [5.74, 6) is 0.536. The summed E-state index contributed by atoms with van der Waals surface area (Å²) in [4.78, 5) is 6.54. The molecule has 1 aromatic heterocycles. The van der Waals surface area contributed by atoms with Crippen molar-refractivity contribution in [2.24, 2.45) is 4.99 Å². The minimum atomic E-state index is -0.460. The van der Waals surface area contributed by atoms with Gasteiger partial charge >= 0.3 is 0 Å². The van der Waals surface area contributed by atoms with Crippen LogP contribution in [0.1, 0.15) is 30.2 Å². The average Bonchev–Trinajstić information content (AvgIpc) is 3.35. The van der Waals surface area contributed by atoms with Gasteiger partial charge in [-0.25, -0.2) is 8.78 Å². The molecule has 2 heterocycles. The number of benzene rings is 1. The van der Waals surface area contributed by atoms with Gasteiger partial charge < -0.3 is 15.1 Å². The Labute approximate surface area is 152 Å². The van der Waals surface area contributed by atoms with Crippen molar-refractivity contribution in [2.75, 3.05) is 26.7 Å². The molecule has 1 aliphatic rings. The van der Waals surface area contributed by atoms with E-state index in [1.54, 1.807) is 13.3 Å². The van der Waals surface area contributed by atoms with Gasteiger partial charge in [0.25, 0.3) is 0 Å². The Morgan fingerprint density at radius 1 is 1.23 bits per heavy atom. The highest BCUT2D eigenvalue weighted by Gasteiger charge is 2.25. The van der Waals surface area contributed by atoms with Gasteiger partial charge in [-0.15, -0.1) is 0 Å². The number of hydrogen-bond acceptors (Lipinski definition) is 3. The zero-order valence-corrected chi connectivity index (χ0v) is 14.8. The number of nitrogens with one attached hydrogen (secondary N) is 2. The van der Waals surface area contributed by atoms with Crippen molar-refractivity contribution in [1.29, 1.82) is 0 Å². The predicted octanol–water partition coefficient (Wildman–Crippen LogP) is 3.06. The van der Waals surface area contributed by atoms with Gasteiger partial charge in [-0.1, -0.05) is 0 Å². The molecule has 0 saturated carbocycles. The molecular weight excluding hydrogens is 338 g/mol. The van der Waals surface area contributed by atoms with Crippen LogP contribution >= 0.6 is 0 Å². The maximum Gasteiger partial charge on any atom is 0.191 e. The largest absolute Gasteiger partial charge is 0.468 e. The Bertz CT molecular complexity index is 727. The molecule has 140 valence electrons. The van der Waals surface area contributed by atoms with E-state index in [0.29, 0.717) is 12.5 Å². The molecule has 26 heavy (non-hydrogen) atoms. The highest BCUT2D eigenvalue weighted by Crippen LogP contribution is 2.24. The van der Waals surface area contributed by atoms with E-state index in [1.807, 2.05) is 12.1 Å². The third kappa shape index (κ3) is 4.60. The monoisotopic (exact) mass is 362 g/mol. The first-order valence-corrected chi connectivity index (χ1v) is 8.83. The van der Waals surface area contributed by atoms with Gasteiger partial charge in [0.1, 0.15) is 17.4 Å². The van der Waals surface area contributed by atoms with E-state index in [1.165, 1.54) is 18.9 Å². The smallest absolute Gasteiger partial charge is 0.191 e. The van der Waals surface area contributed by atoms with E-state index < -0.39 is 11.6 Å². The fourth-order valence-electron chi connectivity index (χ4n) is 3.22. The van der Waals surface area contributed by atoms with Crippen molar-refractivity contribution < 1.29 is 13.2 Å². The van der Waals surface area contributed by atoms with Gasteiger partial charge in [0.15, 0.2) is 5.96 Å². The number of furan rings is 1. The quantitative estimate of drug-likeness (QED) is 0.613. The summed E-state index contributed by atoms with van der Waals surface area (Å²) in [7, 11) is 1.65. The van der Waals surface area contributed by atoms with E-state index in [9.17, 15) is 8.78 Å². The summed E-state index contributed by atoms with van der Waals surface area (Å²) in [6.07, 6.45) is 4.05.